The van der Waals surface area contributed by atoms with E-state index in [4.69, 9.17) is 0 Å². The molecule has 0 aromatic carbocycles. The van der Waals surface area contributed by atoms with E-state index in [1.54, 1.807) is 0 Å². The van der Waals surface area contributed by atoms with Gasteiger partial charge in [0.15, 0.2) is 0 Å². The zero-order valence-corrected chi connectivity index (χ0v) is 7.77. The maximum absolute atomic E-state index is 10.3. The second-order valence-corrected chi connectivity index (χ2v) is 4.37. The van der Waals surface area contributed by atoms with Crippen LogP contribution in [0.1, 0.15) is 19.8 Å². The summed E-state index contributed by atoms with van der Waals surface area (Å²) in [6, 6.07) is 0. The van der Waals surface area contributed by atoms with E-state index in [0.29, 0.717) is 0 Å². The number of likely N-dealkylation sites (tertiary alicyclic amines) is 1. The quantitative estimate of drug-likeness (QED) is 0.601. The van der Waals surface area contributed by atoms with Crippen LogP contribution in [0.25, 0.3) is 0 Å². The minimum atomic E-state index is 0.802. The summed E-state index contributed by atoms with van der Waals surface area (Å²) in [7, 11) is 0. The third-order valence-corrected chi connectivity index (χ3v) is 3.30. The number of amides is 1. The molecule has 0 aromatic heterocycles. The number of rotatable bonds is 3. The Morgan fingerprint density at radius 2 is 2.18 bits per heavy atom. The molecular formula is C8H15NOS. The number of thioether (sulfide) groups is 1. The molecule has 0 atom stereocenters. The average molecular weight is 173 g/mol. The van der Waals surface area contributed by atoms with Crippen LogP contribution in [0, 0.1) is 0 Å². The predicted molar refractivity (Wildman–Crippen MR) is 48.8 cm³/mol. The predicted octanol–water partition coefficient (Wildman–Crippen LogP) is 1.36. The van der Waals surface area contributed by atoms with E-state index >= 15 is 0 Å². The van der Waals surface area contributed by atoms with E-state index in [0.717, 1.165) is 24.7 Å². The van der Waals surface area contributed by atoms with E-state index < -0.39 is 0 Å². The van der Waals surface area contributed by atoms with Gasteiger partial charge in [-0.25, -0.2) is 0 Å². The molecule has 1 amide bonds. The first kappa shape index (κ1) is 8.91. The van der Waals surface area contributed by atoms with E-state index in [9.17, 15) is 4.79 Å². The molecule has 0 N–H and O–H groups in total. The highest BCUT2D eigenvalue weighted by Crippen LogP contribution is 2.21. The molecule has 1 fully saturated rings. The Balaban J connectivity index is 2.18. The Bertz CT molecular complexity index is 121. The summed E-state index contributed by atoms with van der Waals surface area (Å²) in [5.74, 6) is 1.20. The zero-order valence-electron chi connectivity index (χ0n) is 6.95. The highest BCUT2D eigenvalue weighted by molar-refractivity contribution is 7.99. The summed E-state index contributed by atoms with van der Waals surface area (Å²) < 4.78 is 0. The van der Waals surface area contributed by atoms with Crippen molar-refractivity contribution >= 4 is 18.2 Å². The van der Waals surface area contributed by atoms with E-state index in [1.807, 2.05) is 16.7 Å². The van der Waals surface area contributed by atoms with Crippen molar-refractivity contribution in [1.82, 2.24) is 4.90 Å². The number of piperidine rings is 1. The third kappa shape index (κ3) is 2.73. The van der Waals surface area contributed by atoms with Crippen molar-refractivity contribution in [2.24, 2.45) is 0 Å². The van der Waals surface area contributed by atoms with E-state index in [2.05, 4.69) is 6.92 Å². The molecule has 11 heavy (non-hydrogen) atoms. The summed E-state index contributed by atoms with van der Waals surface area (Å²) in [5.41, 5.74) is 0. The van der Waals surface area contributed by atoms with Crippen molar-refractivity contribution in [3.8, 4) is 0 Å². The van der Waals surface area contributed by atoms with Crippen LogP contribution in [0.4, 0.5) is 0 Å². The second-order valence-electron chi connectivity index (χ2n) is 2.80. The number of nitrogens with zero attached hydrogens (tertiary/aromatic N) is 1. The van der Waals surface area contributed by atoms with Gasteiger partial charge in [0.25, 0.3) is 0 Å². The fourth-order valence-electron chi connectivity index (χ4n) is 1.38. The zero-order chi connectivity index (χ0) is 8.10. The number of carbonyl (C=O) groups excluding carboxylic acids is 1. The van der Waals surface area contributed by atoms with Gasteiger partial charge in [-0.1, -0.05) is 6.92 Å². The van der Waals surface area contributed by atoms with Gasteiger partial charge in [0.2, 0.25) is 6.41 Å². The number of hydrogen-bond acceptors (Lipinski definition) is 2. The number of carbonyl (C=O) groups is 1. The summed E-state index contributed by atoms with van der Waals surface area (Å²) in [6.45, 7) is 4.11. The molecular weight excluding hydrogens is 158 g/mol. The Hall–Kier alpha value is -0.180. The maximum Gasteiger partial charge on any atom is 0.209 e. The lowest BCUT2D eigenvalue weighted by Crippen LogP contribution is -2.33. The Morgan fingerprint density at radius 3 is 2.64 bits per heavy atom. The van der Waals surface area contributed by atoms with Gasteiger partial charge in [0.1, 0.15) is 0 Å². The SMILES string of the molecule is CCSC1CCN(C=O)CC1. The van der Waals surface area contributed by atoms with Gasteiger partial charge in [0, 0.05) is 18.3 Å². The van der Waals surface area contributed by atoms with Crippen LogP contribution in [0.3, 0.4) is 0 Å². The standard InChI is InChI=1S/C8H15NOS/c1-2-11-8-3-5-9(7-10)6-4-8/h7-8H,2-6H2,1H3. The molecule has 0 saturated carbocycles. The van der Waals surface area contributed by atoms with Gasteiger partial charge < -0.3 is 4.90 Å². The highest BCUT2D eigenvalue weighted by atomic mass is 32.2. The van der Waals surface area contributed by atoms with Crippen molar-refractivity contribution in [1.29, 1.82) is 0 Å². The molecule has 0 spiro atoms. The molecule has 0 unspecified atom stereocenters. The Morgan fingerprint density at radius 1 is 1.55 bits per heavy atom. The smallest absolute Gasteiger partial charge is 0.209 e. The van der Waals surface area contributed by atoms with Crippen LogP contribution in [-0.4, -0.2) is 35.4 Å². The Labute approximate surface area is 72.3 Å². The summed E-state index contributed by atoms with van der Waals surface area (Å²) in [4.78, 5) is 12.2. The van der Waals surface area contributed by atoms with Gasteiger partial charge in [-0.15, -0.1) is 0 Å². The van der Waals surface area contributed by atoms with Gasteiger partial charge in [-0.05, 0) is 18.6 Å². The molecule has 1 aliphatic rings. The van der Waals surface area contributed by atoms with Crippen molar-refractivity contribution < 1.29 is 4.79 Å². The summed E-state index contributed by atoms with van der Waals surface area (Å²) in [5, 5.41) is 0.802. The lowest BCUT2D eigenvalue weighted by molar-refractivity contribution is -0.118. The molecule has 0 aromatic rings. The summed E-state index contributed by atoms with van der Waals surface area (Å²) >= 11 is 2.02. The van der Waals surface area contributed by atoms with Crippen molar-refractivity contribution in [3.63, 3.8) is 0 Å². The molecule has 0 radical (unpaired) electrons. The van der Waals surface area contributed by atoms with Gasteiger partial charge in [-0.2, -0.15) is 11.8 Å². The average Bonchev–Trinajstić information content (AvgIpc) is 2.07. The number of hydrogen-bond donors (Lipinski definition) is 0. The van der Waals surface area contributed by atoms with Crippen LogP contribution in [-0.2, 0) is 4.79 Å². The minimum absolute atomic E-state index is 0.802. The topological polar surface area (TPSA) is 20.3 Å². The molecule has 64 valence electrons. The molecule has 0 aliphatic carbocycles. The van der Waals surface area contributed by atoms with Crippen molar-refractivity contribution in [3.05, 3.63) is 0 Å². The molecule has 3 heteroatoms. The van der Waals surface area contributed by atoms with Crippen LogP contribution in [0.5, 0.6) is 0 Å². The van der Waals surface area contributed by atoms with Crippen molar-refractivity contribution in [2.75, 3.05) is 18.8 Å². The Kier molecular flexibility index (Phi) is 3.77. The van der Waals surface area contributed by atoms with Crippen LogP contribution < -0.4 is 0 Å². The molecule has 2 nitrogen and oxygen atoms in total. The third-order valence-electron chi connectivity index (χ3n) is 2.03. The van der Waals surface area contributed by atoms with Crippen LogP contribution in [0.2, 0.25) is 0 Å². The first-order valence-electron chi connectivity index (χ1n) is 4.17. The first-order chi connectivity index (χ1) is 5.36. The lowest BCUT2D eigenvalue weighted by atomic mass is 10.1. The van der Waals surface area contributed by atoms with Crippen LogP contribution >= 0.6 is 11.8 Å². The molecule has 1 rings (SSSR count). The molecule has 0 bridgehead atoms. The van der Waals surface area contributed by atoms with Crippen molar-refractivity contribution in [2.45, 2.75) is 25.0 Å². The molecule has 1 aliphatic heterocycles. The van der Waals surface area contributed by atoms with Gasteiger partial charge in [0.05, 0.1) is 0 Å². The monoisotopic (exact) mass is 173 g/mol. The fraction of sp³-hybridized carbons (Fsp3) is 0.875. The normalized spacial score (nSPS) is 20.3. The first-order valence-corrected chi connectivity index (χ1v) is 5.22. The molecule has 1 saturated heterocycles. The van der Waals surface area contributed by atoms with E-state index in [-0.39, 0.29) is 0 Å². The highest BCUT2D eigenvalue weighted by Gasteiger charge is 2.16. The lowest BCUT2D eigenvalue weighted by Gasteiger charge is -2.28. The van der Waals surface area contributed by atoms with Gasteiger partial charge in [-0.3, -0.25) is 4.79 Å². The van der Waals surface area contributed by atoms with E-state index in [1.165, 1.54) is 18.6 Å². The minimum Gasteiger partial charge on any atom is -0.345 e. The summed E-state index contributed by atoms with van der Waals surface area (Å²) in [6.07, 6.45) is 3.32. The largest absolute Gasteiger partial charge is 0.345 e. The second kappa shape index (κ2) is 4.65. The van der Waals surface area contributed by atoms with Gasteiger partial charge >= 0.3 is 0 Å². The molecule has 1 heterocycles. The van der Waals surface area contributed by atoms with Crippen LogP contribution in [0.15, 0.2) is 0 Å². The maximum atomic E-state index is 10.3. The fourth-order valence-corrected chi connectivity index (χ4v) is 2.40.